The lowest BCUT2D eigenvalue weighted by atomic mass is 10.1. The normalized spacial score (nSPS) is 10.1. The molecule has 8 heteroatoms. The molecule has 0 aliphatic heterocycles. The van der Waals surface area contributed by atoms with Gasteiger partial charge in [0, 0.05) is 22.2 Å². The average molecular weight is 481 g/mol. The number of halogens is 2. The maximum absolute atomic E-state index is 12.4. The summed E-state index contributed by atoms with van der Waals surface area (Å²) in [7, 11) is 4.69. The van der Waals surface area contributed by atoms with E-state index in [2.05, 4.69) is 4.98 Å². The molecule has 0 radical (unpaired) electrons. The van der Waals surface area contributed by atoms with E-state index in [-0.39, 0.29) is 29.3 Å². The van der Waals surface area contributed by atoms with Gasteiger partial charge in [0.1, 0.15) is 0 Å². The van der Waals surface area contributed by atoms with Gasteiger partial charge in [0.15, 0.2) is 23.7 Å². The van der Waals surface area contributed by atoms with Gasteiger partial charge in [-0.15, -0.1) is 17.0 Å². The number of hydrogen-bond donors (Lipinski definition) is 0. The van der Waals surface area contributed by atoms with Crippen LogP contribution in [0.3, 0.4) is 0 Å². The van der Waals surface area contributed by atoms with Crippen LogP contribution in [0, 0.1) is 0 Å². The molecule has 0 unspecified atom stereocenters. The van der Waals surface area contributed by atoms with Crippen LogP contribution < -0.4 is 18.8 Å². The zero-order valence-corrected chi connectivity index (χ0v) is 18.7. The highest BCUT2D eigenvalue weighted by Crippen LogP contribution is 2.40. The molecular weight excluding hydrogens is 460 g/mol. The van der Waals surface area contributed by atoms with Crippen LogP contribution in [0.15, 0.2) is 55.0 Å². The highest BCUT2D eigenvalue weighted by Gasteiger charge is 2.17. The summed E-state index contributed by atoms with van der Waals surface area (Å²) in [5.74, 6) is 1.60. The van der Waals surface area contributed by atoms with Gasteiger partial charge in [-0.2, -0.15) is 0 Å². The lowest BCUT2D eigenvalue weighted by Gasteiger charge is -2.13. The number of carbonyl (C=O) groups is 1. The Morgan fingerprint density at radius 1 is 1.00 bits per heavy atom. The zero-order valence-electron chi connectivity index (χ0n) is 16.2. The SMILES string of the molecule is Br.COc1cc(-c2cc[n+](CC(=O)c3ccc(Cl)cc3)cn2)cc(OC)c1OC. The van der Waals surface area contributed by atoms with Crippen molar-refractivity contribution in [3.8, 4) is 28.5 Å². The largest absolute Gasteiger partial charge is 0.493 e. The van der Waals surface area contributed by atoms with Crippen LogP contribution in [-0.2, 0) is 6.54 Å². The fourth-order valence-electron chi connectivity index (χ4n) is 2.77. The van der Waals surface area contributed by atoms with Crippen LogP contribution in [-0.4, -0.2) is 32.1 Å². The van der Waals surface area contributed by atoms with E-state index in [1.54, 1.807) is 62.7 Å². The molecule has 0 saturated carbocycles. The summed E-state index contributed by atoms with van der Waals surface area (Å²) in [4.78, 5) is 16.8. The number of ketones is 1. The molecule has 152 valence electrons. The smallest absolute Gasteiger partial charge is 0.287 e. The molecule has 0 spiro atoms. The first kappa shape index (κ1) is 22.6. The summed E-state index contributed by atoms with van der Waals surface area (Å²) in [6.45, 7) is 0.185. The topological polar surface area (TPSA) is 61.5 Å². The summed E-state index contributed by atoms with van der Waals surface area (Å²) >= 11 is 5.86. The van der Waals surface area contributed by atoms with Crippen LogP contribution in [0.5, 0.6) is 17.2 Å². The number of carbonyl (C=O) groups excluding carboxylic acids is 1. The first-order valence-electron chi connectivity index (χ1n) is 8.50. The summed E-state index contributed by atoms with van der Waals surface area (Å²) in [6.07, 6.45) is 3.42. The Labute approximate surface area is 184 Å². The molecule has 0 fully saturated rings. The van der Waals surface area contributed by atoms with Crippen LogP contribution in [0.4, 0.5) is 0 Å². The first-order valence-corrected chi connectivity index (χ1v) is 8.87. The standard InChI is InChI=1S/C21H20ClN2O4.BrH/c1-26-19-10-15(11-20(27-2)21(19)28-3)17-8-9-24(13-23-17)12-18(25)14-4-6-16(22)7-5-14;/h4-11,13H,12H2,1-3H3;1H/q+1;. The van der Waals surface area contributed by atoms with Crippen LogP contribution >= 0.6 is 28.6 Å². The predicted octanol–water partition coefficient (Wildman–Crippen LogP) is 4.18. The lowest BCUT2D eigenvalue weighted by molar-refractivity contribution is -0.686. The molecule has 1 aromatic heterocycles. The number of methoxy groups -OCH3 is 3. The third-order valence-electron chi connectivity index (χ3n) is 4.22. The van der Waals surface area contributed by atoms with E-state index in [9.17, 15) is 4.79 Å². The molecule has 0 atom stereocenters. The Kier molecular flexibility index (Phi) is 7.99. The fraction of sp³-hybridized carbons (Fsp3) is 0.190. The van der Waals surface area contributed by atoms with Gasteiger partial charge in [-0.1, -0.05) is 11.6 Å². The van der Waals surface area contributed by atoms with Gasteiger partial charge < -0.3 is 14.2 Å². The molecule has 0 bridgehead atoms. The Hall–Kier alpha value is -2.64. The van der Waals surface area contributed by atoms with Crippen LogP contribution in [0.2, 0.25) is 5.02 Å². The monoisotopic (exact) mass is 479 g/mol. The number of benzene rings is 2. The van der Waals surface area contributed by atoms with Gasteiger partial charge in [0.2, 0.25) is 11.5 Å². The van der Waals surface area contributed by atoms with Crippen molar-refractivity contribution < 1.29 is 23.6 Å². The summed E-state index contributed by atoms with van der Waals surface area (Å²) < 4.78 is 17.8. The number of nitrogens with zero attached hydrogens (tertiary/aromatic N) is 2. The van der Waals surface area contributed by atoms with Gasteiger partial charge in [0.05, 0.1) is 27.5 Å². The van der Waals surface area contributed by atoms with E-state index < -0.39 is 0 Å². The maximum Gasteiger partial charge on any atom is 0.287 e. The van der Waals surface area contributed by atoms with Crippen molar-refractivity contribution in [1.29, 1.82) is 0 Å². The quantitative estimate of drug-likeness (QED) is 0.375. The molecule has 3 rings (SSSR count). The minimum atomic E-state index is -0.0241. The second-order valence-corrected chi connectivity index (χ2v) is 6.40. The molecule has 6 nitrogen and oxygen atoms in total. The molecule has 2 aromatic carbocycles. The third kappa shape index (κ3) is 5.25. The van der Waals surface area contributed by atoms with Gasteiger partial charge in [0.25, 0.3) is 6.33 Å². The second-order valence-electron chi connectivity index (χ2n) is 5.96. The molecule has 1 heterocycles. The minimum Gasteiger partial charge on any atom is -0.493 e. The van der Waals surface area contributed by atoms with Crippen molar-refractivity contribution in [2.75, 3.05) is 21.3 Å². The molecule has 29 heavy (non-hydrogen) atoms. The van der Waals surface area contributed by atoms with Crippen molar-refractivity contribution in [3.05, 3.63) is 65.6 Å². The fourth-order valence-corrected chi connectivity index (χ4v) is 2.90. The van der Waals surface area contributed by atoms with Crippen LogP contribution in [0.1, 0.15) is 10.4 Å². The van der Waals surface area contributed by atoms with E-state index in [0.29, 0.717) is 27.8 Å². The molecule has 3 aromatic rings. The molecule has 0 saturated heterocycles. The van der Waals surface area contributed by atoms with E-state index in [0.717, 1.165) is 11.3 Å². The Balaban J connectivity index is 0.00000300. The Morgan fingerprint density at radius 3 is 2.10 bits per heavy atom. The minimum absolute atomic E-state index is 0. The maximum atomic E-state index is 12.4. The highest BCUT2D eigenvalue weighted by molar-refractivity contribution is 8.93. The number of aromatic nitrogens is 2. The average Bonchev–Trinajstić information content (AvgIpc) is 2.73. The molecule has 0 aliphatic rings. The number of Topliss-reactive ketones (excluding diaryl/α,β-unsaturated/α-hetero) is 1. The number of rotatable bonds is 7. The van der Waals surface area contributed by atoms with E-state index in [1.165, 1.54) is 0 Å². The summed E-state index contributed by atoms with van der Waals surface area (Å²) in [5.41, 5.74) is 2.13. The van der Waals surface area contributed by atoms with Crippen molar-refractivity contribution in [1.82, 2.24) is 4.98 Å². The van der Waals surface area contributed by atoms with Crippen molar-refractivity contribution in [2.45, 2.75) is 6.54 Å². The molecule has 0 N–H and O–H groups in total. The van der Waals surface area contributed by atoms with Gasteiger partial charge in [-0.05, 0) is 41.4 Å². The van der Waals surface area contributed by atoms with E-state index in [1.807, 2.05) is 18.2 Å². The van der Waals surface area contributed by atoms with Crippen molar-refractivity contribution >= 4 is 34.4 Å². The Morgan fingerprint density at radius 2 is 1.62 bits per heavy atom. The summed E-state index contributed by atoms with van der Waals surface area (Å²) in [5, 5.41) is 0.598. The van der Waals surface area contributed by atoms with Gasteiger partial charge in [-0.25, -0.2) is 4.57 Å². The van der Waals surface area contributed by atoms with E-state index >= 15 is 0 Å². The molecule has 0 amide bonds. The molecule has 0 aliphatic carbocycles. The van der Waals surface area contributed by atoms with Crippen LogP contribution in [0.25, 0.3) is 11.3 Å². The molecular formula is C21H21BrClN2O4+. The van der Waals surface area contributed by atoms with Gasteiger partial charge >= 0.3 is 0 Å². The number of hydrogen-bond acceptors (Lipinski definition) is 5. The predicted molar refractivity (Wildman–Crippen MR) is 116 cm³/mol. The first-order chi connectivity index (χ1) is 13.5. The number of ether oxygens (including phenoxy) is 3. The summed E-state index contributed by atoms with van der Waals surface area (Å²) in [6, 6.07) is 12.3. The van der Waals surface area contributed by atoms with Gasteiger partial charge in [-0.3, -0.25) is 4.79 Å². The third-order valence-corrected chi connectivity index (χ3v) is 4.47. The lowest BCUT2D eigenvalue weighted by Crippen LogP contribution is -2.37. The van der Waals surface area contributed by atoms with Crippen molar-refractivity contribution in [3.63, 3.8) is 0 Å². The van der Waals surface area contributed by atoms with Crippen molar-refractivity contribution in [2.24, 2.45) is 0 Å². The second kappa shape index (κ2) is 10.2. The highest BCUT2D eigenvalue weighted by atomic mass is 79.9. The zero-order chi connectivity index (χ0) is 20.1. The van der Waals surface area contributed by atoms with E-state index in [4.69, 9.17) is 25.8 Å². The Bertz CT molecular complexity index is 954.